The van der Waals surface area contributed by atoms with Crippen molar-refractivity contribution >= 4 is 17.5 Å². The lowest BCUT2D eigenvalue weighted by Crippen LogP contribution is -2.27. The Morgan fingerprint density at radius 1 is 1.14 bits per heavy atom. The van der Waals surface area contributed by atoms with Gasteiger partial charge in [0.1, 0.15) is 5.75 Å². The van der Waals surface area contributed by atoms with Gasteiger partial charge in [0.15, 0.2) is 0 Å². The molecule has 0 saturated heterocycles. The lowest BCUT2D eigenvalue weighted by atomic mass is 10.1. The first-order valence-electron chi connectivity index (χ1n) is 6.81. The van der Waals surface area contributed by atoms with E-state index in [-0.39, 0.29) is 5.91 Å². The Morgan fingerprint density at radius 3 is 2.62 bits per heavy atom. The Kier molecular flexibility index (Phi) is 5.64. The van der Waals surface area contributed by atoms with Gasteiger partial charge in [0.25, 0.3) is 0 Å². The number of benzene rings is 2. The van der Waals surface area contributed by atoms with Gasteiger partial charge in [-0.1, -0.05) is 35.9 Å². The van der Waals surface area contributed by atoms with Gasteiger partial charge in [-0.05, 0) is 41.8 Å². The van der Waals surface area contributed by atoms with Crippen LogP contribution in [0.5, 0.6) is 5.75 Å². The van der Waals surface area contributed by atoms with Crippen LogP contribution in [0.4, 0.5) is 0 Å². The first-order valence-corrected chi connectivity index (χ1v) is 7.19. The molecule has 0 bridgehead atoms. The highest BCUT2D eigenvalue weighted by Gasteiger charge is 2.03. The van der Waals surface area contributed by atoms with Crippen LogP contribution in [0.1, 0.15) is 11.1 Å². The summed E-state index contributed by atoms with van der Waals surface area (Å²) >= 11 is 5.81. The fourth-order valence-electron chi connectivity index (χ4n) is 2.02. The van der Waals surface area contributed by atoms with Gasteiger partial charge in [-0.2, -0.15) is 0 Å². The lowest BCUT2D eigenvalue weighted by Gasteiger charge is -2.07. The summed E-state index contributed by atoms with van der Waals surface area (Å²) in [5.74, 6) is 0.847. The number of carbonyl (C=O) groups excluding carboxylic acids is 1. The molecule has 2 aromatic carbocycles. The van der Waals surface area contributed by atoms with Crippen molar-refractivity contribution < 1.29 is 9.53 Å². The number of carbonyl (C=O) groups is 1. The highest BCUT2D eigenvalue weighted by molar-refractivity contribution is 6.30. The molecule has 3 nitrogen and oxygen atoms in total. The molecule has 0 fully saturated rings. The Bertz CT molecular complexity index is 596. The van der Waals surface area contributed by atoms with E-state index in [2.05, 4.69) is 5.32 Å². The minimum atomic E-state index is 0.0141. The maximum absolute atomic E-state index is 11.8. The van der Waals surface area contributed by atoms with Crippen LogP contribution < -0.4 is 10.1 Å². The summed E-state index contributed by atoms with van der Waals surface area (Å²) < 4.78 is 5.17. The van der Waals surface area contributed by atoms with Crippen molar-refractivity contribution in [2.24, 2.45) is 0 Å². The second-order valence-corrected chi connectivity index (χ2v) is 5.19. The molecule has 2 aromatic rings. The minimum Gasteiger partial charge on any atom is -0.497 e. The van der Waals surface area contributed by atoms with Crippen molar-refractivity contribution in [3.8, 4) is 5.75 Å². The van der Waals surface area contributed by atoms with Gasteiger partial charge >= 0.3 is 0 Å². The Balaban J connectivity index is 1.77. The first-order chi connectivity index (χ1) is 10.2. The molecule has 0 spiro atoms. The quantitative estimate of drug-likeness (QED) is 0.889. The third kappa shape index (κ3) is 5.12. The molecular weight excluding hydrogens is 286 g/mol. The van der Waals surface area contributed by atoms with Crippen LogP contribution in [0.3, 0.4) is 0 Å². The maximum atomic E-state index is 11.8. The molecule has 0 aliphatic heterocycles. The van der Waals surface area contributed by atoms with Gasteiger partial charge < -0.3 is 10.1 Å². The lowest BCUT2D eigenvalue weighted by molar-refractivity contribution is -0.120. The normalized spacial score (nSPS) is 10.2. The second kappa shape index (κ2) is 7.70. The average Bonchev–Trinajstić information content (AvgIpc) is 2.50. The van der Waals surface area contributed by atoms with Crippen molar-refractivity contribution in [1.29, 1.82) is 0 Å². The third-order valence-electron chi connectivity index (χ3n) is 3.15. The van der Waals surface area contributed by atoms with E-state index in [9.17, 15) is 4.79 Å². The zero-order valence-electron chi connectivity index (χ0n) is 11.9. The van der Waals surface area contributed by atoms with Gasteiger partial charge in [0.2, 0.25) is 5.91 Å². The predicted octanol–water partition coefficient (Wildman–Crippen LogP) is 3.25. The summed E-state index contributed by atoms with van der Waals surface area (Å²) in [5.41, 5.74) is 2.10. The van der Waals surface area contributed by atoms with Crippen molar-refractivity contribution in [2.75, 3.05) is 13.7 Å². The van der Waals surface area contributed by atoms with Gasteiger partial charge in [0.05, 0.1) is 13.5 Å². The summed E-state index contributed by atoms with van der Waals surface area (Å²) in [4.78, 5) is 11.8. The smallest absolute Gasteiger partial charge is 0.224 e. The second-order valence-electron chi connectivity index (χ2n) is 4.75. The van der Waals surface area contributed by atoms with Gasteiger partial charge in [-0.3, -0.25) is 4.79 Å². The van der Waals surface area contributed by atoms with Crippen LogP contribution in [0.15, 0.2) is 48.5 Å². The molecule has 0 saturated carbocycles. The van der Waals surface area contributed by atoms with Crippen LogP contribution in [0.2, 0.25) is 5.02 Å². The van der Waals surface area contributed by atoms with Crippen LogP contribution in [-0.2, 0) is 17.6 Å². The molecule has 110 valence electrons. The monoisotopic (exact) mass is 303 g/mol. The SMILES string of the molecule is COc1cccc(CCNC(=O)Cc2ccc(Cl)cc2)c1. The fraction of sp³-hybridized carbons (Fsp3) is 0.235. The third-order valence-corrected chi connectivity index (χ3v) is 3.40. The van der Waals surface area contributed by atoms with E-state index in [0.29, 0.717) is 18.0 Å². The van der Waals surface area contributed by atoms with Crippen molar-refractivity contribution in [1.82, 2.24) is 5.32 Å². The predicted molar refractivity (Wildman–Crippen MR) is 84.9 cm³/mol. The molecule has 2 rings (SSSR count). The van der Waals surface area contributed by atoms with Gasteiger partial charge in [0, 0.05) is 11.6 Å². The number of halogens is 1. The van der Waals surface area contributed by atoms with E-state index >= 15 is 0 Å². The van der Waals surface area contributed by atoms with Crippen LogP contribution in [0, 0.1) is 0 Å². The fourth-order valence-corrected chi connectivity index (χ4v) is 2.15. The summed E-state index contributed by atoms with van der Waals surface area (Å²) in [5, 5.41) is 3.60. The summed E-state index contributed by atoms with van der Waals surface area (Å²) in [6.07, 6.45) is 1.15. The number of rotatable bonds is 6. The number of amides is 1. The molecule has 0 aliphatic carbocycles. The van der Waals surface area contributed by atoms with Crippen molar-refractivity contribution in [2.45, 2.75) is 12.8 Å². The van der Waals surface area contributed by atoms with Crippen molar-refractivity contribution in [3.05, 3.63) is 64.7 Å². The molecular formula is C17H18ClNO2. The first kappa shape index (κ1) is 15.4. The largest absolute Gasteiger partial charge is 0.497 e. The molecule has 4 heteroatoms. The summed E-state index contributed by atoms with van der Waals surface area (Å²) in [6.45, 7) is 0.611. The zero-order chi connectivity index (χ0) is 15.1. The standard InChI is InChI=1S/C17H18ClNO2/c1-21-16-4-2-3-13(11-16)9-10-19-17(20)12-14-5-7-15(18)8-6-14/h2-8,11H,9-10,12H2,1H3,(H,19,20). The minimum absolute atomic E-state index is 0.0141. The number of hydrogen-bond donors (Lipinski definition) is 1. The van der Waals surface area contributed by atoms with E-state index in [1.807, 2.05) is 36.4 Å². The molecule has 21 heavy (non-hydrogen) atoms. The molecule has 0 unspecified atom stereocenters. The number of nitrogens with one attached hydrogen (secondary N) is 1. The van der Waals surface area contributed by atoms with Crippen LogP contribution in [0.25, 0.3) is 0 Å². The zero-order valence-corrected chi connectivity index (χ0v) is 12.7. The molecule has 0 heterocycles. The van der Waals surface area contributed by atoms with E-state index in [1.165, 1.54) is 0 Å². The Hall–Kier alpha value is -2.00. The van der Waals surface area contributed by atoms with Gasteiger partial charge in [-0.15, -0.1) is 0 Å². The highest BCUT2D eigenvalue weighted by atomic mass is 35.5. The van der Waals surface area contributed by atoms with Gasteiger partial charge in [-0.25, -0.2) is 0 Å². The average molecular weight is 304 g/mol. The maximum Gasteiger partial charge on any atom is 0.224 e. The molecule has 0 radical (unpaired) electrons. The summed E-state index contributed by atoms with van der Waals surface area (Å²) in [7, 11) is 1.65. The van der Waals surface area contributed by atoms with E-state index < -0.39 is 0 Å². The highest BCUT2D eigenvalue weighted by Crippen LogP contribution is 2.12. The molecule has 0 aliphatic rings. The molecule has 0 atom stereocenters. The number of hydrogen-bond acceptors (Lipinski definition) is 2. The van der Waals surface area contributed by atoms with Crippen LogP contribution in [-0.4, -0.2) is 19.6 Å². The number of ether oxygens (including phenoxy) is 1. The molecule has 1 amide bonds. The topological polar surface area (TPSA) is 38.3 Å². The number of methoxy groups -OCH3 is 1. The van der Waals surface area contributed by atoms with Crippen LogP contribution >= 0.6 is 11.6 Å². The van der Waals surface area contributed by atoms with Crippen molar-refractivity contribution in [3.63, 3.8) is 0 Å². The Morgan fingerprint density at radius 2 is 1.90 bits per heavy atom. The van der Waals surface area contributed by atoms with E-state index in [0.717, 1.165) is 23.3 Å². The molecule has 0 aromatic heterocycles. The Labute approximate surface area is 129 Å². The summed E-state index contributed by atoms with van der Waals surface area (Å²) in [6, 6.07) is 15.2. The molecule has 1 N–H and O–H groups in total. The van der Waals surface area contributed by atoms with E-state index in [4.69, 9.17) is 16.3 Å². The van der Waals surface area contributed by atoms with E-state index in [1.54, 1.807) is 19.2 Å².